The van der Waals surface area contributed by atoms with Gasteiger partial charge in [0.2, 0.25) is 0 Å². The second-order valence-electron chi connectivity index (χ2n) is 5.06. The molecule has 0 aliphatic heterocycles. The lowest BCUT2D eigenvalue weighted by Crippen LogP contribution is -2.17. The summed E-state index contributed by atoms with van der Waals surface area (Å²) in [5.41, 5.74) is 3.86. The number of hydrogen-bond acceptors (Lipinski definition) is 3. The van der Waals surface area contributed by atoms with Crippen molar-refractivity contribution in [2.24, 2.45) is 7.05 Å². The second-order valence-corrected chi connectivity index (χ2v) is 5.06. The maximum absolute atomic E-state index is 5.30. The Kier molecular flexibility index (Phi) is 3.15. The van der Waals surface area contributed by atoms with E-state index >= 15 is 0 Å². The number of rotatable bonds is 3. The van der Waals surface area contributed by atoms with E-state index in [4.69, 9.17) is 4.74 Å². The van der Waals surface area contributed by atoms with Crippen LogP contribution in [0.1, 0.15) is 30.0 Å². The predicted molar refractivity (Wildman–Crippen MR) is 75.5 cm³/mol. The number of hydrogen-bond donors (Lipinski definition) is 1. The predicted octanol–water partition coefficient (Wildman–Crippen LogP) is 2.92. The van der Waals surface area contributed by atoms with Crippen molar-refractivity contribution in [1.82, 2.24) is 9.78 Å². The first-order chi connectivity index (χ1) is 9.26. The largest absolute Gasteiger partial charge is 0.497 e. The van der Waals surface area contributed by atoms with Crippen LogP contribution in [-0.2, 0) is 13.5 Å². The molecule has 1 aromatic heterocycles. The molecule has 1 aliphatic carbocycles. The molecule has 19 heavy (non-hydrogen) atoms. The van der Waals surface area contributed by atoms with Crippen LogP contribution in [0.3, 0.4) is 0 Å². The lowest BCUT2D eigenvalue weighted by atomic mass is 9.87. The van der Waals surface area contributed by atoms with Gasteiger partial charge in [0.15, 0.2) is 0 Å². The first-order valence-corrected chi connectivity index (χ1v) is 6.68. The van der Waals surface area contributed by atoms with Crippen LogP contribution in [0.25, 0.3) is 0 Å². The van der Waals surface area contributed by atoms with E-state index in [1.807, 2.05) is 30.2 Å². The van der Waals surface area contributed by atoms with Crippen molar-refractivity contribution in [3.63, 3.8) is 0 Å². The van der Waals surface area contributed by atoms with Crippen LogP contribution in [0.5, 0.6) is 5.75 Å². The van der Waals surface area contributed by atoms with Crippen LogP contribution in [0.4, 0.5) is 5.69 Å². The zero-order valence-electron chi connectivity index (χ0n) is 11.4. The van der Waals surface area contributed by atoms with Crippen molar-refractivity contribution in [1.29, 1.82) is 0 Å². The van der Waals surface area contributed by atoms with E-state index in [0.29, 0.717) is 6.04 Å². The van der Waals surface area contributed by atoms with Gasteiger partial charge in [-0.1, -0.05) is 6.07 Å². The van der Waals surface area contributed by atoms with E-state index in [1.165, 1.54) is 17.5 Å². The fourth-order valence-electron chi connectivity index (χ4n) is 2.76. The highest BCUT2D eigenvalue weighted by molar-refractivity contribution is 5.46. The monoisotopic (exact) mass is 257 g/mol. The first-order valence-electron chi connectivity index (χ1n) is 6.68. The number of nitrogens with one attached hydrogen (secondary N) is 1. The molecular formula is C15H19N3O. The topological polar surface area (TPSA) is 39.1 Å². The average Bonchev–Trinajstić information content (AvgIpc) is 2.84. The highest BCUT2D eigenvalue weighted by Crippen LogP contribution is 2.34. The third-order valence-electron chi connectivity index (χ3n) is 3.71. The molecular weight excluding hydrogens is 238 g/mol. The van der Waals surface area contributed by atoms with E-state index in [9.17, 15) is 0 Å². The summed E-state index contributed by atoms with van der Waals surface area (Å²) in [7, 11) is 3.65. The van der Waals surface area contributed by atoms with Crippen LogP contribution in [-0.4, -0.2) is 16.9 Å². The molecule has 1 aromatic carbocycles. The van der Waals surface area contributed by atoms with Crippen molar-refractivity contribution in [3.05, 3.63) is 41.7 Å². The molecule has 1 atom stereocenters. The maximum atomic E-state index is 5.30. The number of fused-ring (bicyclic) bond motifs is 1. The van der Waals surface area contributed by atoms with Crippen molar-refractivity contribution < 1.29 is 4.74 Å². The Bertz CT molecular complexity index is 577. The van der Waals surface area contributed by atoms with E-state index in [1.54, 1.807) is 7.11 Å². The molecule has 0 radical (unpaired) electrons. The molecule has 0 saturated heterocycles. The highest BCUT2D eigenvalue weighted by atomic mass is 16.5. The Morgan fingerprint density at radius 1 is 1.42 bits per heavy atom. The van der Waals surface area contributed by atoms with Gasteiger partial charge in [-0.15, -0.1) is 0 Å². The Balaban J connectivity index is 1.85. The Morgan fingerprint density at radius 3 is 3.05 bits per heavy atom. The van der Waals surface area contributed by atoms with Gasteiger partial charge in [0.1, 0.15) is 5.75 Å². The van der Waals surface area contributed by atoms with Gasteiger partial charge in [-0.05, 0) is 42.5 Å². The number of ether oxygens (including phenoxy) is 1. The van der Waals surface area contributed by atoms with Gasteiger partial charge in [0.25, 0.3) is 0 Å². The Labute approximate surface area is 113 Å². The van der Waals surface area contributed by atoms with Crippen LogP contribution in [0, 0.1) is 0 Å². The quantitative estimate of drug-likeness (QED) is 0.919. The average molecular weight is 257 g/mol. The molecule has 100 valence electrons. The fraction of sp³-hybridized carbons (Fsp3) is 0.400. The summed E-state index contributed by atoms with van der Waals surface area (Å²) in [5, 5.41) is 7.77. The van der Waals surface area contributed by atoms with Crippen LogP contribution < -0.4 is 10.1 Å². The van der Waals surface area contributed by atoms with Crippen molar-refractivity contribution in [2.75, 3.05) is 12.4 Å². The molecule has 0 amide bonds. The summed E-state index contributed by atoms with van der Waals surface area (Å²) in [6, 6.07) is 6.76. The maximum Gasteiger partial charge on any atom is 0.119 e. The van der Waals surface area contributed by atoms with Gasteiger partial charge in [0, 0.05) is 13.2 Å². The number of aromatic nitrogens is 2. The molecule has 1 unspecified atom stereocenters. The summed E-state index contributed by atoms with van der Waals surface area (Å²) < 4.78 is 7.12. The number of anilines is 1. The van der Waals surface area contributed by atoms with E-state index in [-0.39, 0.29) is 0 Å². The molecule has 0 saturated carbocycles. The summed E-state index contributed by atoms with van der Waals surface area (Å²) >= 11 is 0. The fourth-order valence-corrected chi connectivity index (χ4v) is 2.76. The van der Waals surface area contributed by atoms with Gasteiger partial charge < -0.3 is 10.1 Å². The zero-order valence-corrected chi connectivity index (χ0v) is 11.4. The van der Waals surface area contributed by atoms with E-state index in [0.717, 1.165) is 24.3 Å². The number of benzene rings is 1. The normalized spacial score (nSPS) is 17.9. The van der Waals surface area contributed by atoms with Crippen molar-refractivity contribution in [3.8, 4) is 5.75 Å². The third kappa shape index (κ3) is 2.43. The SMILES string of the molecule is COc1ccc2c(c1)CCCC2Nc1cnn(C)c1. The van der Waals surface area contributed by atoms with Crippen LogP contribution >= 0.6 is 0 Å². The number of aryl methyl sites for hydroxylation is 2. The minimum absolute atomic E-state index is 0.374. The van der Waals surface area contributed by atoms with Gasteiger partial charge >= 0.3 is 0 Å². The molecule has 4 heteroatoms. The van der Waals surface area contributed by atoms with Gasteiger partial charge in [-0.3, -0.25) is 4.68 Å². The summed E-state index contributed by atoms with van der Waals surface area (Å²) in [6.45, 7) is 0. The molecule has 2 aromatic rings. The Hall–Kier alpha value is -1.97. The molecule has 1 N–H and O–H groups in total. The first kappa shape index (κ1) is 12.1. The lowest BCUT2D eigenvalue weighted by Gasteiger charge is -2.27. The van der Waals surface area contributed by atoms with E-state index < -0.39 is 0 Å². The van der Waals surface area contributed by atoms with Crippen molar-refractivity contribution in [2.45, 2.75) is 25.3 Å². The van der Waals surface area contributed by atoms with Gasteiger partial charge in [-0.2, -0.15) is 5.10 Å². The Morgan fingerprint density at radius 2 is 2.32 bits per heavy atom. The summed E-state index contributed by atoms with van der Waals surface area (Å²) in [4.78, 5) is 0. The smallest absolute Gasteiger partial charge is 0.119 e. The minimum Gasteiger partial charge on any atom is -0.497 e. The molecule has 0 bridgehead atoms. The number of nitrogens with zero attached hydrogens (tertiary/aromatic N) is 2. The standard InChI is InChI=1S/C15H19N3O/c1-18-10-12(9-16-18)17-15-5-3-4-11-8-13(19-2)6-7-14(11)15/h6-10,15,17H,3-5H2,1-2H3. The summed E-state index contributed by atoms with van der Waals surface area (Å²) in [5.74, 6) is 0.945. The number of methoxy groups -OCH3 is 1. The summed E-state index contributed by atoms with van der Waals surface area (Å²) in [6.07, 6.45) is 7.39. The molecule has 1 heterocycles. The van der Waals surface area contributed by atoms with Crippen molar-refractivity contribution >= 4 is 5.69 Å². The van der Waals surface area contributed by atoms with E-state index in [2.05, 4.69) is 22.5 Å². The van der Waals surface area contributed by atoms with Crippen LogP contribution in [0.15, 0.2) is 30.6 Å². The van der Waals surface area contributed by atoms with Gasteiger partial charge in [-0.25, -0.2) is 0 Å². The van der Waals surface area contributed by atoms with Gasteiger partial charge in [0.05, 0.1) is 25.0 Å². The molecule has 4 nitrogen and oxygen atoms in total. The zero-order chi connectivity index (χ0) is 13.2. The van der Waals surface area contributed by atoms with Crippen LogP contribution in [0.2, 0.25) is 0 Å². The molecule has 0 spiro atoms. The highest BCUT2D eigenvalue weighted by Gasteiger charge is 2.20. The molecule has 3 rings (SSSR count). The minimum atomic E-state index is 0.374. The molecule has 0 fully saturated rings. The lowest BCUT2D eigenvalue weighted by molar-refractivity contribution is 0.413. The second kappa shape index (κ2) is 4.96. The third-order valence-corrected chi connectivity index (χ3v) is 3.71. The molecule has 1 aliphatic rings.